The van der Waals surface area contributed by atoms with Crippen LogP contribution in [0.25, 0.3) is 0 Å². The highest BCUT2D eigenvalue weighted by Crippen LogP contribution is 2.15. The number of hydrogen-bond acceptors (Lipinski definition) is 2. The second-order valence-electron chi connectivity index (χ2n) is 4.32. The summed E-state index contributed by atoms with van der Waals surface area (Å²) in [5, 5.41) is 7.21. The fourth-order valence-corrected chi connectivity index (χ4v) is 2.27. The molecule has 0 unspecified atom stereocenters. The predicted molar refractivity (Wildman–Crippen MR) is 81.0 cm³/mol. The van der Waals surface area contributed by atoms with Crippen LogP contribution in [0.4, 0.5) is 0 Å². The zero-order valence-electron chi connectivity index (χ0n) is 10.7. The van der Waals surface area contributed by atoms with E-state index in [1.165, 1.54) is 14.8 Å². The molecular weight excluding hydrogens is 339 g/mol. The van der Waals surface area contributed by atoms with Crippen LogP contribution < -0.4 is 4.74 Å². The van der Waals surface area contributed by atoms with Gasteiger partial charge in [-0.1, -0.05) is 0 Å². The van der Waals surface area contributed by atoms with E-state index in [2.05, 4.69) is 51.8 Å². The van der Waals surface area contributed by atoms with Gasteiger partial charge in [-0.05, 0) is 79.1 Å². The summed E-state index contributed by atoms with van der Waals surface area (Å²) in [4.78, 5) is 0. The molecule has 3 nitrogen and oxygen atoms in total. The van der Waals surface area contributed by atoms with E-state index in [1.807, 2.05) is 19.1 Å². The molecule has 0 atom stereocenters. The van der Waals surface area contributed by atoms with Gasteiger partial charge in [-0.15, -0.1) is 0 Å². The summed E-state index contributed by atoms with van der Waals surface area (Å²) >= 11 is 2.29. The molecule has 1 N–H and O–H groups in total. The lowest BCUT2D eigenvalue weighted by Gasteiger charge is -2.06. The zero-order chi connectivity index (χ0) is 13.0. The normalized spacial score (nSPS) is 10.6. The second kappa shape index (κ2) is 6.22. The van der Waals surface area contributed by atoms with Gasteiger partial charge < -0.3 is 4.74 Å². The number of halogens is 1. The van der Waals surface area contributed by atoms with Crippen molar-refractivity contribution < 1.29 is 4.74 Å². The molecule has 4 heteroatoms. The first-order chi connectivity index (χ1) is 8.66. The number of nitrogens with one attached hydrogen (secondary N) is 1. The maximum atomic E-state index is 5.71. The van der Waals surface area contributed by atoms with E-state index < -0.39 is 0 Å². The van der Waals surface area contributed by atoms with Crippen molar-refractivity contribution in [1.82, 2.24) is 10.2 Å². The molecule has 0 amide bonds. The van der Waals surface area contributed by atoms with Gasteiger partial charge in [-0.2, -0.15) is 5.10 Å². The van der Waals surface area contributed by atoms with E-state index in [0.29, 0.717) is 0 Å². The molecule has 1 heterocycles. The summed E-state index contributed by atoms with van der Waals surface area (Å²) in [6, 6.07) is 8.13. The summed E-state index contributed by atoms with van der Waals surface area (Å²) < 4.78 is 6.93. The van der Waals surface area contributed by atoms with Crippen LogP contribution in [-0.2, 0) is 6.42 Å². The summed E-state index contributed by atoms with van der Waals surface area (Å²) in [6.45, 7) is 4.85. The summed E-state index contributed by atoms with van der Waals surface area (Å²) in [5.41, 5.74) is 3.59. The first kappa shape index (κ1) is 13.4. The maximum Gasteiger partial charge on any atom is 0.119 e. The highest BCUT2D eigenvalue weighted by Gasteiger charge is 2.05. The van der Waals surface area contributed by atoms with E-state index >= 15 is 0 Å². The van der Waals surface area contributed by atoms with Crippen LogP contribution in [0, 0.1) is 17.4 Å². The molecule has 0 radical (unpaired) electrons. The first-order valence-corrected chi connectivity index (χ1v) is 7.13. The average molecular weight is 356 g/mol. The molecule has 2 rings (SSSR count). The van der Waals surface area contributed by atoms with Crippen molar-refractivity contribution in [3.8, 4) is 5.75 Å². The van der Waals surface area contributed by atoms with Crippen LogP contribution in [0.2, 0.25) is 0 Å². The fraction of sp³-hybridized carbons (Fsp3) is 0.357. The van der Waals surface area contributed by atoms with Gasteiger partial charge in [-0.25, -0.2) is 0 Å². The van der Waals surface area contributed by atoms with Crippen LogP contribution in [0.1, 0.15) is 23.4 Å². The number of H-pyrrole nitrogens is 1. The Bertz CT molecular complexity index is 486. The Morgan fingerprint density at radius 1 is 1.22 bits per heavy atom. The van der Waals surface area contributed by atoms with Crippen LogP contribution >= 0.6 is 22.6 Å². The lowest BCUT2D eigenvalue weighted by atomic mass is 10.1. The molecule has 0 aliphatic carbocycles. The van der Waals surface area contributed by atoms with Crippen molar-refractivity contribution in [2.75, 3.05) is 6.61 Å². The molecule has 96 valence electrons. The third kappa shape index (κ3) is 3.48. The Hall–Kier alpha value is -1.04. The van der Waals surface area contributed by atoms with Crippen molar-refractivity contribution in [3.63, 3.8) is 0 Å². The lowest BCUT2D eigenvalue weighted by Crippen LogP contribution is -2.00. The number of ether oxygens (including phenoxy) is 1. The van der Waals surface area contributed by atoms with E-state index in [9.17, 15) is 0 Å². The molecule has 0 aliphatic rings. The summed E-state index contributed by atoms with van der Waals surface area (Å²) in [5.74, 6) is 0.941. The van der Waals surface area contributed by atoms with E-state index in [1.54, 1.807) is 0 Å². The Morgan fingerprint density at radius 3 is 2.56 bits per heavy atom. The topological polar surface area (TPSA) is 37.9 Å². The quantitative estimate of drug-likeness (QED) is 0.656. The molecule has 0 saturated heterocycles. The second-order valence-corrected chi connectivity index (χ2v) is 5.56. The minimum Gasteiger partial charge on any atom is -0.494 e. The highest BCUT2D eigenvalue weighted by molar-refractivity contribution is 14.1. The number of rotatable bonds is 5. The molecule has 1 aromatic carbocycles. The van der Waals surface area contributed by atoms with Gasteiger partial charge in [0, 0.05) is 9.26 Å². The number of nitrogens with zero attached hydrogens (tertiary/aromatic N) is 1. The smallest absolute Gasteiger partial charge is 0.119 e. The Morgan fingerprint density at radius 2 is 1.94 bits per heavy atom. The van der Waals surface area contributed by atoms with Crippen LogP contribution in [0.3, 0.4) is 0 Å². The molecule has 0 aliphatic heterocycles. The number of aromatic nitrogens is 2. The minimum absolute atomic E-state index is 0.741. The minimum atomic E-state index is 0.741. The molecule has 18 heavy (non-hydrogen) atoms. The van der Waals surface area contributed by atoms with Gasteiger partial charge in [0.2, 0.25) is 0 Å². The van der Waals surface area contributed by atoms with Crippen molar-refractivity contribution >= 4 is 22.6 Å². The maximum absolute atomic E-state index is 5.71. The molecule has 0 fully saturated rings. The van der Waals surface area contributed by atoms with E-state index in [4.69, 9.17) is 4.74 Å². The molecular formula is C14H17IN2O. The third-order valence-electron chi connectivity index (χ3n) is 2.93. The number of benzene rings is 1. The Balaban J connectivity index is 1.78. The van der Waals surface area contributed by atoms with Crippen molar-refractivity contribution in [2.24, 2.45) is 0 Å². The molecule has 0 spiro atoms. The Labute approximate surface area is 121 Å². The van der Waals surface area contributed by atoms with Gasteiger partial charge in [0.25, 0.3) is 0 Å². The Kier molecular flexibility index (Phi) is 4.63. The predicted octanol–water partition coefficient (Wildman–Crippen LogP) is 3.64. The zero-order valence-corrected chi connectivity index (χ0v) is 12.8. The van der Waals surface area contributed by atoms with Crippen molar-refractivity contribution in [3.05, 3.63) is 44.8 Å². The van der Waals surface area contributed by atoms with E-state index in [-0.39, 0.29) is 0 Å². The number of hydrogen-bond donors (Lipinski definition) is 1. The molecule has 1 aromatic heterocycles. The average Bonchev–Trinajstić information content (AvgIpc) is 2.68. The molecule has 2 aromatic rings. The monoisotopic (exact) mass is 356 g/mol. The third-order valence-corrected chi connectivity index (χ3v) is 3.65. The number of aryl methyl sites for hydroxylation is 2. The number of aromatic amines is 1. The van der Waals surface area contributed by atoms with Gasteiger partial charge in [-0.3, -0.25) is 5.10 Å². The van der Waals surface area contributed by atoms with Crippen LogP contribution in [-0.4, -0.2) is 16.8 Å². The van der Waals surface area contributed by atoms with Crippen molar-refractivity contribution in [2.45, 2.75) is 26.7 Å². The van der Waals surface area contributed by atoms with E-state index in [0.717, 1.165) is 30.9 Å². The van der Waals surface area contributed by atoms with Gasteiger partial charge in [0.15, 0.2) is 0 Å². The lowest BCUT2D eigenvalue weighted by molar-refractivity contribution is 0.311. The van der Waals surface area contributed by atoms with Gasteiger partial charge in [0.1, 0.15) is 5.75 Å². The largest absolute Gasteiger partial charge is 0.494 e. The summed E-state index contributed by atoms with van der Waals surface area (Å²) in [7, 11) is 0. The summed E-state index contributed by atoms with van der Waals surface area (Å²) in [6.07, 6.45) is 2.02. The van der Waals surface area contributed by atoms with Crippen LogP contribution in [0.15, 0.2) is 24.3 Å². The molecule has 0 saturated carbocycles. The van der Waals surface area contributed by atoms with Crippen LogP contribution in [0.5, 0.6) is 5.75 Å². The fourth-order valence-electron chi connectivity index (χ4n) is 1.91. The first-order valence-electron chi connectivity index (χ1n) is 6.05. The highest BCUT2D eigenvalue weighted by atomic mass is 127. The van der Waals surface area contributed by atoms with Gasteiger partial charge >= 0.3 is 0 Å². The van der Waals surface area contributed by atoms with Gasteiger partial charge in [0.05, 0.1) is 12.3 Å². The SMILES string of the molecule is Cc1n[nH]c(C)c1CCCOc1ccc(I)cc1. The molecule has 0 bridgehead atoms. The standard InChI is InChI=1S/C14H17IN2O/c1-10-14(11(2)17-16-10)4-3-9-18-13-7-5-12(15)6-8-13/h5-8H,3-4,9H2,1-2H3,(H,16,17). The van der Waals surface area contributed by atoms with Crippen molar-refractivity contribution in [1.29, 1.82) is 0 Å².